The van der Waals surface area contributed by atoms with Crippen molar-refractivity contribution in [3.63, 3.8) is 0 Å². The van der Waals surface area contributed by atoms with E-state index < -0.39 is 24.3 Å². The molecule has 0 spiro atoms. The molecule has 256 valence electrons. The summed E-state index contributed by atoms with van der Waals surface area (Å²) in [5.41, 5.74) is 5.69. The third-order valence-electron chi connectivity index (χ3n) is 9.22. The fraction of sp³-hybridized carbons (Fsp3) is 0.371. The van der Waals surface area contributed by atoms with Gasteiger partial charge in [-0.2, -0.15) is 0 Å². The molecule has 2 fully saturated rings. The maximum atomic E-state index is 13.0. The number of nitrogens with zero attached hydrogens (tertiary/aromatic N) is 4. The van der Waals surface area contributed by atoms with Gasteiger partial charge in [-0.1, -0.05) is 48.5 Å². The molecular formula is C35H40N8O6. The lowest BCUT2D eigenvalue weighted by molar-refractivity contribution is -0.134. The van der Waals surface area contributed by atoms with Gasteiger partial charge in [0.1, 0.15) is 23.7 Å². The number of imidazole rings is 2. The smallest absolute Gasteiger partial charge is 0.407 e. The molecule has 2 saturated heterocycles. The third kappa shape index (κ3) is 7.12. The fourth-order valence-corrected chi connectivity index (χ4v) is 6.66. The van der Waals surface area contributed by atoms with Gasteiger partial charge in [-0.3, -0.25) is 9.59 Å². The van der Waals surface area contributed by atoms with Crippen molar-refractivity contribution in [3.8, 4) is 33.6 Å². The lowest BCUT2D eigenvalue weighted by Crippen LogP contribution is -2.46. The Labute approximate surface area is 283 Å². The minimum absolute atomic E-state index is 0.177. The fourth-order valence-electron chi connectivity index (χ4n) is 6.66. The van der Waals surface area contributed by atoms with Crippen molar-refractivity contribution in [2.75, 3.05) is 20.2 Å². The van der Waals surface area contributed by atoms with Crippen LogP contribution in [0.25, 0.3) is 33.6 Å². The molecular weight excluding hydrogens is 628 g/mol. The van der Waals surface area contributed by atoms with E-state index in [0.717, 1.165) is 59.3 Å². The monoisotopic (exact) mass is 668 g/mol. The number of carbonyl (C=O) groups excluding carboxylic acids is 3. The number of H-pyrrole nitrogens is 2. The first-order chi connectivity index (χ1) is 23.6. The van der Waals surface area contributed by atoms with E-state index in [1.165, 1.54) is 7.11 Å². The molecule has 6 rings (SSSR count). The van der Waals surface area contributed by atoms with Crippen molar-refractivity contribution in [2.45, 2.75) is 63.7 Å². The van der Waals surface area contributed by atoms with Gasteiger partial charge in [0, 0.05) is 13.1 Å². The van der Waals surface area contributed by atoms with E-state index in [1.807, 2.05) is 36.4 Å². The number of benzene rings is 2. The summed E-state index contributed by atoms with van der Waals surface area (Å²) < 4.78 is 4.63. The number of methoxy groups -OCH3 is 1. The number of hydrogen-bond donors (Lipinski definition) is 5. The molecule has 2 aliphatic heterocycles. The molecule has 2 aromatic carbocycles. The van der Waals surface area contributed by atoms with Crippen molar-refractivity contribution >= 4 is 24.0 Å². The highest BCUT2D eigenvalue weighted by molar-refractivity contribution is 5.86. The highest BCUT2D eigenvalue weighted by atomic mass is 16.5. The van der Waals surface area contributed by atoms with E-state index in [9.17, 15) is 19.2 Å². The molecule has 4 atom stereocenters. The van der Waals surface area contributed by atoms with Crippen LogP contribution in [0, 0.1) is 0 Å². The standard InChI is InChI=1S/C35H40N8O6/c1-20(38-34(46)47)32(44)42-16-4-6-28(42)30-36-18-26(40-30)24-12-8-22(9-13-24)23-10-14-25(15-11-23)27-19-37-31(41-27)29-7-5-17-43(29)33(45)21(2)39-35(48)49-3/h8-15,18-21,28-29,38H,4-7,16-17H2,1-3H3,(H,36,40)(H,37,41)(H,39,48)(H,46,47)/t20-,21-,28-,29-/m0/s1. The number of likely N-dealkylation sites (tertiary alicyclic amines) is 2. The zero-order valence-corrected chi connectivity index (χ0v) is 27.6. The Kier molecular flexibility index (Phi) is 9.65. The van der Waals surface area contributed by atoms with Gasteiger partial charge in [-0.15, -0.1) is 0 Å². The number of carbonyl (C=O) groups is 4. The van der Waals surface area contributed by atoms with Crippen LogP contribution in [0.3, 0.4) is 0 Å². The van der Waals surface area contributed by atoms with Crippen LogP contribution in [0.15, 0.2) is 60.9 Å². The number of carboxylic acid groups (broad SMARTS) is 1. The van der Waals surface area contributed by atoms with E-state index in [1.54, 1.807) is 36.0 Å². The Bertz CT molecular complexity index is 1820. The highest BCUT2D eigenvalue weighted by Crippen LogP contribution is 2.34. The first-order valence-corrected chi connectivity index (χ1v) is 16.4. The molecule has 4 heterocycles. The highest BCUT2D eigenvalue weighted by Gasteiger charge is 2.36. The summed E-state index contributed by atoms with van der Waals surface area (Å²) in [4.78, 5) is 68.0. The molecule has 49 heavy (non-hydrogen) atoms. The zero-order valence-electron chi connectivity index (χ0n) is 27.6. The predicted molar refractivity (Wildman–Crippen MR) is 180 cm³/mol. The number of aromatic amines is 2. The van der Waals surface area contributed by atoms with Crippen molar-refractivity contribution in [1.29, 1.82) is 0 Å². The van der Waals surface area contributed by atoms with Gasteiger partial charge in [-0.05, 0) is 61.8 Å². The number of ether oxygens (including phenoxy) is 1. The molecule has 2 aromatic heterocycles. The molecule has 14 nitrogen and oxygen atoms in total. The van der Waals surface area contributed by atoms with Gasteiger partial charge in [0.05, 0.1) is 43.0 Å². The van der Waals surface area contributed by atoms with Crippen molar-refractivity contribution < 1.29 is 29.0 Å². The molecule has 4 aromatic rings. The van der Waals surface area contributed by atoms with Gasteiger partial charge < -0.3 is 40.2 Å². The topological polar surface area (TPSA) is 186 Å². The van der Waals surface area contributed by atoms with Gasteiger partial charge in [-0.25, -0.2) is 19.6 Å². The van der Waals surface area contributed by atoms with Crippen molar-refractivity contribution in [3.05, 3.63) is 72.6 Å². The van der Waals surface area contributed by atoms with Crippen LogP contribution < -0.4 is 10.6 Å². The van der Waals surface area contributed by atoms with Gasteiger partial charge in [0.15, 0.2) is 0 Å². The van der Waals surface area contributed by atoms with E-state index >= 15 is 0 Å². The summed E-state index contributed by atoms with van der Waals surface area (Å²) in [7, 11) is 1.27. The lowest BCUT2D eigenvalue weighted by Gasteiger charge is -2.26. The third-order valence-corrected chi connectivity index (χ3v) is 9.22. The quantitative estimate of drug-likeness (QED) is 0.167. The molecule has 0 saturated carbocycles. The van der Waals surface area contributed by atoms with E-state index in [4.69, 9.17) is 5.11 Å². The van der Waals surface area contributed by atoms with Crippen LogP contribution in [0.5, 0.6) is 0 Å². The summed E-state index contributed by atoms with van der Waals surface area (Å²) in [5.74, 6) is 0.954. The molecule has 2 aliphatic rings. The average Bonchev–Trinajstić information content (AvgIpc) is 3.94. The Morgan fingerprint density at radius 3 is 1.55 bits per heavy atom. The second-order valence-corrected chi connectivity index (χ2v) is 12.4. The second-order valence-electron chi connectivity index (χ2n) is 12.4. The second kappa shape index (κ2) is 14.2. The lowest BCUT2D eigenvalue weighted by atomic mass is 10.0. The van der Waals surface area contributed by atoms with Crippen molar-refractivity contribution in [2.24, 2.45) is 0 Å². The maximum absolute atomic E-state index is 13.0. The molecule has 4 amide bonds. The largest absolute Gasteiger partial charge is 0.465 e. The Morgan fingerprint density at radius 2 is 1.14 bits per heavy atom. The van der Waals surface area contributed by atoms with Gasteiger partial charge in [0.25, 0.3) is 0 Å². The number of alkyl carbamates (subject to hydrolysis) is 1. The minimum Gasteiger partial charge on any atom is -0.465 e. The van der Waals surface area contributed by atoms with Crippen molar-refractivity contribution in [1.82, 2.24) is 40.4 Å². The van der Waals surface area contributed by atoms with E-state index in [2.05, 4.69) is 47.4 Å². The molecule has 0 aliphatic carbocycles. The van der Waals surface area contributed by atoms with Crippen LogP contribution in [0.2, 0.25) is 0 Å². The number of nitrogens with one attached hydrogen (secondary N) is 4. The average molecular weight is 669 g/mol. The first-order valence-electron chi connectivity index (χ1n) is 16.4. The SMILES string of the molecule is COC(=O)N[C@@H](C)C(=O)N1CCC[C@H]1c1ncc(-c2ccc(-c3ccc(-c4cnc([C@@H]5CCCN5C(=O)[C@H](C)NC(=O)O)[nH]4)cc3)cc2)[nH]1. The number of rotatable bonds is 9. The Hall–Kier alpha value is -5.66. The van der Waals surface area contributed by atoms with Crippen LogP contribution in [-0.4, -0.2) is 91.1 Å². The summed E-state index contributed by atoms with van der Waals surface area (Å²) >= 11 is 0. The number of aromatic nitrogens is 4. The minimum atomic E-state index is -1.23. The summed E-state index contributed by atoms with van der Waals surface area (Å²) in [6.07, 6.45) is 4.87. The van der Waals surface area contributed by atoms with Crippen LogP contribution >= 0.6 is 0 Å². The maximum Gasteiger partial charge on any atom is 0.407 e. The number of hydrogen-bond acceptors (Lipinski definition) is 7. The molecule has 14 heteroatoms. The van der Waals surface area contributed by atoms with E-state index in [0.29, 0.717) is 24.7 Å². The molecule has 0 radical (unpaired) electrons. The summed E-state index contributed by atoms with van der Waals surface area (Å²) in [6, 6.07) is 14.3. The van der Waals surface area contributed by atoms with E-state index in [-0.39, 0.29) is 23.9 Å². The van der Waals surface area contributed by atoms with Crippen LogP contribution in [0.1, 0.15) is 63.3 Å². The Balaban J connectivity index is 1.10. The number of amides is 4. The normalized spacial score (nSPS) is 18.6. The van der Waals surface area contributed by atoms with Gasteiger partial charge >= 0.3 is 12.2 Å². The summed E-state index contributed by atoms with van der Waals surface area (Å²) in [5, 5.41) is 13.8. The van der Waals surface area contributed by atoms with Crippen LogP contribution in [0.4, 0.5) is 9.59 Å². The first kappa shape index (κ1) is 33.2. The zero-order chi connectivity index (χ0) is 34.7. The predicted octanol–water partition coefficient (Wildman–Crippen LogP) is 4.86. The molecule has 0 unspecified atom stereocenters. The van der Waals surface area contributed by atoms with Crippen LogP contribution in [-0.2, 0) is 14.3 Å². The summed E-state index contributed by atoms with van der Waals surface area (Å²) in [6.45, 7) is 4.34. The molecule has 0 bridgehead atoms. The molecule has 5 N–H and O–H groups in total. The Morgan fingerprint density at radius 1 is 0.735 bits per heavy atom. The van der Waals surface area contributed by atoms with Gasteiger partial charge in [0.2, 0.25) is 11.8 Å².